The van der Waals surface area contributed by atoms with Crippen molar-refractivity contribution in [2.45, 2.75) is 46.7 Å². The third kappa shape index (κ3) is 5.21. The Morgan fingerprint density at radius 1 is 1.10 bits per heavy atom. The minimum atomic E-state index is -0.662. The minimum Gasteiger partial charge on any atom is -0.342 e. The topological polar surface area (TPSA) is 79.2 Å². The van der Waals surface area contributed by atoms with Gasteiger partial charge in [0.15, 0.2) is 5.82 Å². The Labute approximate surface area is 226 Å². The van der Waals surface area contributed by atoms with Gasteiger partial charge in [-0.3, -0.25) is 9.69 Å². The fourth-order valence-corrected chi connectivity index (χ4v) is 5.41. The molecular weight excluding hydrogens is 500 g/mol. The number of pyridine rings is 1. The van der Waals surface area contributed by atoms with Crippen molar-refractivity contribution >= 4 is 28.6 Å². The van der Waals surface area contributed by atoms with E-state index in [-0.39, 0.29) is 23.6 Å². The van der Waals surface area contributed by atoms with E-state index in [0.29, 0.717) is 47.0 Å². The normalized spacial score (nSPS) is 16.3. The van der Waals surface area contributed by atoms with Crippen LogP contribution in [-0.4, -0.2) is 67.4 Å². The quantitative estimate of drug-likeness (QED) is 0.349. The molecule has 1 aromatic carbocycles. The molecule has 1 unspecified atom stereocenters. The number of fused-ring (bicyclic) bond motifs is 1. The van der Waals surface area contributed by atoms with Gasteiger partial charge in [0.05, 0.1) is 17.3 Å². The lowest BCUT2D eigenvalue weighted by Crippen LogP contribution is -2.53. The second kappa shape index (κ2) is 10.7. The highest BCUT2D eigenvalue weighted by atomic mass is 19.1. The molecule has 1 amide bonds. The monoisotopic (exact) mass is 533 g/mol. The van der Waals surface area contributed by atoms with Gasteiger partial charge in [0.2, 0.25) is 5.95 Å². The highest BCUT2D eigenvalue weighted by molar-refractivity contribution is 5.94. The molecule has 4 heterocycles. The van der Waals surface area contributed by atoms with Gasteiger partial charge in [-0.05, 0) is 64.6 Å². The Morgan fingerprint density at radius 2 is 1.90 bits per heavy atom. The molecule has 5 rings (SSSR count). The van der Waals surface area contributed by atoms with E-state index in [0.717, 1.165) is 25.0 Å². The van der Waals surface area contributed by atoms with Crippen molar-refractivity contribution in [3.8, 4) is 11.3 Å². The Morgan fingerprint density at radius 3 is 2.56 bits per heavy atom. The van der Waals surface area contributed by atoms with Crippen molar-refractivity contribution in [1.82, 2.24) is 29.3 Å². The minimum absolute atomic E-state index is 0.0189. The molecule has 204 valence electrons. The number of aromatic nitrogens is 4. The standard InChI is InChI=1S/C29H33F2N7O/c1-6-36-9-10-37(16-19(36)5)28(39)20-7-8-26(32-14-20)34-29-33-15-24(31)27(35-29)21-12-23(30)22-11-18(4)38(17(2)3)25(22)13-21/h7-8,11-15,17,19H,6,9-10,16H2,1-5H3,(H,32,33,34,35). The van der Waals surface area contributed by atoms with Crippen molar-refractivity contribution in [3.63, 3.8) is 0 Å². The van der Waals surface area contributed by atoms with Crippen LogP contribution in [-0.2, 0) is 0 Å². The van der Waals surface area contributed by atoms with Gasteiger partial charge < -0.3 is 14.8 Å². The van der Waals surface area contributed by atoms with Crippen molar-refractivity contribution < 1.29 is 13.6 Å². The van der Waals surface area contributed by atoms with Crippen LogP contribution >= 0.6 is 0 Å². The van der Waals surface area contributed by atoms with Crippen LogP contribution in [0.15, 0.2) is 42.7 Å². The smallest absolute Gasteiger partial charge is 0.255 e. The zero-order chi connectivity index (χ0) is 27.8. The molecular formula is C29H33F2N7O. The third-order valence-corrected chi connectivity index (χ3v) is 7.34. The Hall–Kier alpha value is -3.92. The molecule has 1 atom stereocenters. The van der Waals surface area contributed by atoms with Crippen LogP contribution in [0.5, 0.6) is 0 Å². The SMILES string of the molecule is CCN1CCN(C(=O)c2ccc(Nc3ncc(F)c(-c4cc(F)c5cc(C)n(C(C)C)c5c4)n3)nc2)CC1C. The fraction of sp³-hybridized carbons (Fsp3) is 0.379. The molecule has 0 aliphatic carbocycles. The summed E-state index contributed by atoms with van der Waals surface area (Å²) in [7, 11) is 0. The van der Waals surface area contributed by atoms with E-state index in [1.54, 1.807) is 24.3 Å². The summed E-state index contributed by atoms with van der Waals surface area (Å²) in [5, 5.41) is 3.45. The predicted molar refractivity (Wildman–Crippen MR) is 148 cm³/mol. The van der Waals surface area contributed by atoms with E-state index in [2.05, 4.69) is 39.0 Å². The van der Waals surface area contributed by atoms with Crippen LogP contribution in [0.3, 0.4) is 0 Å². The molecule has 3 aromatic heterocycles. The molecule has 1 aliphatic rings. The first-order chi connectivity index (χ1) is 18.7. The number of hydrogen-bond acceptors (Lipinski definition) is 6. The number of hydrogen-bond donors (Lipinski definition) is 1. The van der Waals surface area contributed by atoms with Crippen molar-refractivity contribution in [3.05, 3.63) is 65.6 Å². The van der Waals surface area contributed by atoms with Crippen LogP contribution in [0.25, 0.3) is 22.2 Å². The molecule has 0 saturated carbocycles. The highest BCUT2D eigenvalue weighted by Gasteiger charge is 2.26. The number of rotatable bonds is 6. The van der Waals surface area contributed by atoms with Crippen LogP contribution < -0.4 is 5.32 Å². The highest BCUT2D eigenvalue weighted by Crippen LogP contribution is 2.32. The first kappa shape index (κ1) is 26.7. The van der Waals surface area contributed by atoms with Crippen LogP contribution in [0.2, 0.25) is 0 Å². The van der Waals surface area contributed by atoms with Gasteiger partial charge >= 0.3 is 0 Å². The number of benzene rings is 1. The van der Waals surface area contributed by atoms with Gasteiger partial charge in [0.25, 0.3) is 5.91 Å². The van der Waals surface area contributed by atoms with E-state index in [4.69, 9.17) is 0 Å². The maximum absolute atomic E-state index is 15.0. The zero-order valence-corrected chi connectivity index (χ0v) is 22.9. The lowest BCUT2D eigenvalue weighted by molar-refractivity contribution is 0.0528. The summed E-state index contributed by atoms with van der Waals surface area (Å²) < 4.78 is 31.9. The maximum Gasteiger partial charge on any atom is 0.255 e. The van der Waals surface area contributed by atoms with E-state index in [1.165, 1.54) is 12.3 Å². The first-order valence-corrected chi connectivity index (χ1v) is 13.3. The number of piperazine rings is 1. The molecule has 1 saturated heterocycles. The number of nitrogens with one attached hydrogen (secondary N) is 1. The number of carbonyl (C=O) groups excluding carboxylic acids is 1. The predicted octanol–water partition coefficient (Wildman–Crippen LogP) is 5.57. The van der Waals surface area contributed by atoms with E-state index < -0.39 is 11.6 Å². The number of amides is 1. The van der Waals surface area contributed by atoms with E-state index >= 15 is 4.39 Å². The summed E-state index contributed by atoms with van der Waals surface area (Å²) in [6.07, 6.45) is 2.56. The van der Waals surface area contributed by atoms with Gasteiger partial charge in [-0.15, -0.1) is 0 Å². The molecule has 0 spiro atoms. The second-order valence-corrected chi connectivity index (χ2v) is 10.3. The Bertz CT molecular complexity index is 1520. The summed E-state index contributed by atoms with van der Waals surface area (Å²) >= 11 is 0. The molecule has 1 aliphatic heterocycles. The number of halogens is 2. The Kier molecular flexibility index (Phi) is 7.31. The van der Waals surface area contributed by atoms with E-state index in [1.807, 2.05) is 30.2 Å². The molecule has 0 bridgehead atoms. The molecule has 39 heavy (non-hydrogen) atoms. The zero-order valence-electron chi connectivity index (χ0n) is 22.9. The molecule has 10 heteroatoms. The molecule has 4 aromatic rings. The largest absolute Gasteiger partial charge is 0.342 e. The van der Waals surface area contributed by atoms with Gasteiger partial charge in [-0.1, -0.05) is 6.92 Å². The maximum atomic E-state index is 15.0. The van der Waals surface area contributed by atoms with Crippen molar-refractivity contribution in [1.29, 1.82) is 0 Å². The van der Waals surface area contributed by atoms with Crippen LogP contribution in [0.4, 0.5) is 20.5 Å². The van der Waals surface area contributed by atoms with Crippen LogP contribution in [0, 0.1) is 18.6 Å². The first-order valence-electron chi connectivity index (χ1n) is 13.3. The summed E-state index contributed by atoms with van der Waals surface area (Å²) in [4.78, 5) is 29.9. The van der Waals surface area contributed by atoms with Gasteiger partial charge in [-0.25, -0.2) is 23.7 Å². The fourth-order valence-electron chi connectivity index (χ4n) is 5.41. The third-order valence-electron chi connectivity index (χ3n) is 7.34. The molecule has 1 N–H and O–H groups in total. The van der Waals surface area contributed by atoms with Gasteiger partial charge in [-0.2, -0.15) is 0 Å². The van der Waals surface area contributed by atoms with Crippen molar-refractivity contribution in [2.75, 3.05) is 31.5 Å². The average molecular weight is 534 g/mol. The molecule has 1 fully saturated rings. The lowest BCUT2D eigenvalue weighted by atomic mass is 10.1. The van der Waals surface area contributed by atoms with Crippen LogP contribution in [0.1, 0.15) is 49.8 Å². The second-order valence-electron chi connectivity index (χ2n) is 10.3. The summed E-state index contributed by atoms with van der Waals surface area (Å²) in [6, 6.07) is 8.61. The van der Waals surface area contributed by atoms with E-state index in [9.17, 15) is 9.18 Å². The lowest BCUT2D eigenvalue weighted by Gasteiger charge is -2.39. The van der Waals surface area contributed by atoms with Gasteiger partial charge in [0, 0.05) is 54.6 Å². The number of carbonyl (C=O) groups is 1. The number of likely N-dealkylation sites (N-methyl/N-ethyl adjacent to an activating group) is 1. The number of anilines is 2. The molecule has 8 nitrogen and oxygen atoms in total. The van der Waals surface area contributed by atoms with Gasteiger partial charge in [0.1, 0.15) is 17.3 Å². The average Bonchev–Trinajstić information content (AvgIpc) is 3.26. The number of aryl methyl sites for hydroxylation is 1. The molecule has 0 radical (unpaired) electrons. The van der Waals surface area contributed by atoms with Crippen molar-refractivity contribution in [2.24, 2.45) is 0 Å². The summed E-state index contributed by atoms with van der Waals surface area (Å²) in [5.74, 6) is -0.650. The number of nitrogens with zero attached hydrogens (tertiary/aromatic N) is 6. The summed E-state index contributed by atoms with van der Waals surface area (Å²) in [5.41, 5.74) is 2.39. The summed E-state index contributed by atoms with van der Waals surface area (Å²) in [6.45, 7) is 13.4. The Balaban J connectivity index is 1.37.